The Morgan fingerprint density at radius 3 is 2.80 bits per heavy atom. The van der Waals surface area contributed by atoms with E-state index in [2.05, 4.69) is 61.4 Å². The first kappa shape index (κ1) is 17.3. The second-order valence-electron chi connectivity index (χ2n) is 5.36. The molecule has 0 saturated carbocycles. The minimum atomic E-state index is 0.381. The predicted octanol–water partition coefficient (Wildman–Crippen LogP) is 3.72. The number of pyridine rings is 1. The molecule has 0 aliphatic carbocycles. The summed E-state index contributed by atoms with van der Waals surface area (Å²) in [5, 5.41) is 3.53. The summed E-state index contributed by atoms with van der Waals surface area (Å²) in [7, 11) is 2.14. The normalized spacial score (nSPS) is 14.1. The Balaban J connectivity index is 2.71. The molecule has 1 rings (SSSR count). The predicted molar refractivity (Wildman–Crippen MR) is 91.8 cm³/mol. The van der Waals surface area contributed by atoms with Gasteiger partial charge in [0.15, 0.2) is 0 Å². The monoisotopic (exact) mass is 295 g/mol. The molecule has 1 N–H and O–H groups in total. The zero-order chi connectivity index (χ0) is 15.0. The van der Waals surface area contributed by atoms with Gasteiger partial charge in [0.05, 0.1) is 0 Å². The highest BCUT2D eigenvalue weighted by Crippen LogP contribution is 2.20. The van der Waals surface area contributed by atoms with Gasteiger partial charge in [-0.1, -0.05) is 6.92 Å². The van der Waals surface area contributed by atoms with E-state index in [1.54, 1.807) is 0 Å². The van der Waals surface area contributed by atoms with E-state index in [1.165, 1.54) is 17.7 Å². The van der Waals surface area contributed by atoms with E-state index in [9.17, 15) is 0 Å². The van der Waals surface area contributed by atoms with Crippen molar-refractivity contribution in [3.05, 3.63) is 23.9 Å². The molecule has 20 heavy (non-hydrogen) atoms. The van der Waals surface area contributed by atoms with Crippen LogP contribution in [0.15, 0.2) is 18.3 Å². The van der Waals surface area contributed by atoms with Gasteiger partial charge in [0.1, 0.15) is 5.82 Å². The maximum atomic E-state index is 4.52. The van der Waals surface area contributed by atoms with E-state index in [-0.39, 0.29) is 0 Å². The number of rotatable bonds is 9. The van der Waals surface area contributed by atoms with Gasteiger partial charge in [-0.15, -0.1) is 0 Å². The van der Waals surface area contributed by atoms with Crippen molar-refractivity contribution >= 4 is 17.6 Å². The van der Waals surface area contributed by atoms with E-state index in [1.807, 2.05) is 18.0 Å². The molecular formula is C16H29N3S. The molecule has 1 aromatic heterocycles. The average Bonchev–Trinajstić information content (AvgIpc) is 2.49. The molecular weight excluding hydrogens is 266 g/mol. The van der Waals surface area contributed by atoms with Crippen LogP contribution < -0.4 is 10.2 Å². The lowest BCUT2D eigenvalue weighted by Gasteiger charge is -2.26. The van der Waals surface area contributed by atoms with Crippen LogP contribution >= 0.6 is 11.8 Å². The van der Waals surface area contributed by atoms with Crippen LogP contribution in [0.5, 0.6) is 0 Å². The van der Waals surface area contributed by atoms with Crippen LogP contribution in [0.2, 0.25) is 0 Å². The third kappa shape index (κ3) is 5.33. The van der Waals surface area contributed by atoms with Gasteiger partial charge in [-0.25, -0.2) is 4.98 Å². The molecule has 0 aromatic carbocycles. The summed E-state index contributed by atoms with van der Waals surface area (Å²) in [5.41, 5.74) is 1.31. The molecule has 0 bridgehead atoms. The molecule has 0 spiro atoms. The standard InChI is InChI=1S/C16H29N3S/c1-6-9-17-14(3)15-7-10-18-16(12-15)19(4)13(2)8-11-20-5/h7,10,12-14,17H,6,8-9,11H2,1-5H3. The molecule has 0 saturated heterocycles. The molecule has 0 radical (unpaired) electrons. The van der Waals surface area contributed by atoms with Crippen LogP contribution in [-0.2, 0) is 0 Å². The Bertz CT molecular complexity index is 384. The van der Waals surface area contributed by atoms with Crippen molar-refractivity contribution < 1.29 is 0 Å². The van der Waals surface area contributed by atoms with Gasteiger partial charge >= 0.3 is 0 Å². The fraction of sp³-hybridized carbons (Fsp3) is 0.688. The minimum Gasteiger partial charge on any atom is -0.357 e. The summed E-state index contributed by atoms with van der Waals surface area (Å²) in [6.07, 6.45) is 6.43. The average molecular weight is 295 g/mol. The molecule has 114 valence electrons. The quantitative estimate of drug-likeness (QED) is 0.751. The summed E-state index contributed by atoms with van der Waals surface area (Å²) < 4.78 is 0. The zero-order valence-electron chi connectivity index (χ0n) is 13.5. The summed E-state index contributed by atoms with van der Waals surface area (Å²) in [4.78, 5) is 6.81. The molecule has 2 unspecified atom stereocenters. The molecule has 1 heterocycles. The highest BCUT2D eigenvalue weighted by Gasteiger charge is 2.12. The van der Waals surface area contributed by atoms with Crippen molar-refractivity contribution in [2.75, 3.05) is 30.5 Å². The van der Waals surface area contributed by atoms with Crippen LogP contribution in [0.1, 0.15) is 45.2 Å². The van der Waals surface area contributed by atoms with Gasteiger partial charge in [0.2, 0.25) is 0 Å². The van der Waals surface area contributed by atoms with Gasteiger partial charge in [0.25, 0.3) is 0 Å². The Labute approximate surface area is 128 Å². The number of aromatic nitrogens is 1. The smallest absolute Gasteiger partial charge is 0.128 e. The van der Waals surface area contributed by atoms with Crippen molar-refractivity contribution in [2.24, 2.45) is 0 Å². The molecule has 2 atom stereocenters. The fourth-order valence-electron chi connectivity index (χ4n) is 2.08. The number of nitrogens with zero attached hydrogens (tertiary/aromatic N) is 2. The van der Waals surface area contributed by atoms with Crippen molar-refractivity contribution in [1.82, 2.24) is 10.3 Å². The largest absolute Gasteiger partial charge is 0.357 e. The summed E-state index contributed by atoms with van der Waals surface area (Å²) in [6.45, 7) is 7.73. The van der Waals surface area contributed by atoms with E-state index in [0.717, 1.165) is 18.8 Å². The number of thioether (sulfide) groups is 1. The van der Waals surface area contributed by atoms with Gasteiger partial charge in [-0.05, 0) is 62.9 Å². The molecule has 0 aliphatic heterocycles. The molecule has 0 fully saturated rings. The third-order valence-corrected chi connectivity index (χ3v) is 4.38. The Kier molecular flexibility index (Phi) is 8.00. The van der Waals surface area contributed by atoms with Gasteiger partial charge in [-0.3, -0.25) is 0 Å². The Hall–Kier alpha value is -0.740. The van der Waals surface area contributed by atoms with Gasteiger partial charge in [0, 0.05) is 25.3 Å². The molecule has 0 aliphatic rings. The first-order valence-corrected chi connectivity index (χ1v) is 8.90. The zero-order valence-corrected chi connectivity index (χ0v) is 14.3. The van der Waals surface area contributed by atoms with Crippen LogP contribution in [0.3, 0.4) is 0 Å². The topological polar surface area (TPSA) is 28.2 Å². The number of hydrogen-bond acceptors (Lipinski definition) is 4. The van der Waals surface area contributed by atoms with Crippen LogP contribution in [0.25, 0.3) is 0 Å². The maximum absolute atomic E-state index is 4.52. The first-order chi connectivity index (χ1) is 9.60. The SMILES string of the molecule is CCCNC(C)c1ccnc(N(C)C(C)CCSC)c1. The first-order valence-electron chi connectivity index (χ1n) is 7.51. The summed E-state index contributed by atoms with van der Waals surface area (Å²) >= 11 is 1.90. The minimum absolute atomic E-state index is 0.381. The van der Waals surface area contributed by atoms with E-state index in [0.29, 0.717) is 12.1 Å². The highest BCUT2D eigenvalue weighted by molar-refractivity contribution is 7.98. The van der Waals surface area contributed by atoms with Gasteiger partial charge in [-0.2, -0.15) is 11.8 Å². The van der Waals surface area contributed by atoms with Crippen molar-refractivity contribution in [2.45, 2.75) is 45.7 Å². The lowest BCUT2D eigenvalue weighted by molar-refractivity contribution is 0.569. The van der Waals surface area contributed by atoms with Gasteiger partial charge < -0.3 is 10.2 Å². The second-order valence-corrected chi connectivity index (χ2v) is 6.35. The summed E-state index contributed by atoms with van der Waals surface area (Å²) in [5.74, 6) is 2.26. The van der Waals surface area contributed by atoms with Crippen LogP contribution in [-0.4, -0.2) is 36.6 Å². The maximum Gasteiger partial charge on any atom is 0.128 e. The molecule has 3 nitrogen and oxygen atoms in total. The highest BCUT2D eigenvalue weighted by atomic mass is 32.2. The van der Waals surface area contributed by atoms with E-state index < -0.39 is 0 Å². The molecule has 4 heteroatoms. The van der Waals surface area contributed by atoms with Crippen LogP contribution in [0.4, 0.5) is 5.82 Å². The fourth-order valence-corrected chi connectivity index (χ4v) is 2.66. The lowest BCUT2D eigenvalue weighted by Crippen LogP contribution is -2.30. The van der Waals surface area contributed by atoms with E-state index in [4.69, 9.17) is 0 Å². The Morgan fingerprint density at radius 1 is 1.40 bits per heavy atom. The molecule has 0 amide bonds. The van der Waals surface area contributed by atoms with Crippen molar-refractivity contribution in [1.29, 1.82) is 0 Å². The second kappa shape index (κ2) is 9.24. The number of hydrogen-bond donors (Lipinski definition) is 1. The van der Waals surface area contributed by atoms with Crippen molar-refractivity contribution in [3.8, 4) is 0 Å². The van der Waals surface area contributed by atoms with E-state index >= 15 is 0 Å². The number of nitrogens with one attached hydrogen (secondary N) is 1. The number of anilines is 1. The Morgan fingerprint density at radius 2 is 2.15 bits per heavy atom. The lowest BCUT2D eigenvalue weighted by atomic mass is 10.1. The molecule has 1 aromatic rings. The van der Waals surface area contributed by atoms with Crippen LogP contribution in [0, 0.1) is 0 Å². The summed E-state index contributed by atoms with van der Waals surface area (Å²) in [6, 6.07) is 5.22. The van der Waals surface area contributed by atoms with Crippen molar-refractivity contribution in [3.63, 3.8) is 0 Å². The third-order valence-electron chi connectivity index (χ3n) is 3.73.